The first-order valence-corrected chi connectivity index (χ1v) is 7.87. The molecule has 1 amide bonds. The van der Waals surface area contributed by atoms with Gasteiger partial charge in [0, 0.05) is 24.2 Å². The van der Waals surface area contributed by atoms with E-state index < -0.39 is 0 Å². The molecule has 3 aromatic rings. The molecule has 0 radical (unpaired) electrons. The first-order chi connectivity index (χ1) is 11.0. The molecule has 118 valence electrons. The lowest BCUT2D eigenvalue weighted by Crippen LogP contribution is -2.16. The maximum absolute atomic E-state index is 12.5. The van der Waals surface area contributed by atoms with Gasteiger partial charge in [0.1, 0.15) is 5.82 Å². The topological polar surface area (TPSA) is 84.7 Å². The van der Waals surface area contributed by atoms with E-state index in [1.54, 1.807) is 10.9 Å². The van der Waals surface area contributed by atoms with Crippen molar-refractivity contribution in [1.29, 1.82) is 0 Å². The van der Waals surface area contributed by atoms with Crippen LogP contribution in [0.25, 0.3) is 0 Å². The lowest BCUT2D eigenvalue weighted by atomic mass is 10.2. The second kappa shape index (κ2) is 6.17. The summed E-state index contributed by atoms with van der Waals surface area (Å²) in [7, 11) is 1.82. The van der Waals surface area contributed by atoms with E-state index in [1.807, 2.05) is 44.5 Å². The monoisotopic (exact) mass is 328 g/mol. The molecular weight excluding hydrogens is 312 g/mol. The standard InChI is InChI=1S/C15H16N6OS/c1-9-4-5-11(19-12-6-7-16-21(12)3)13(17-9)14(22)20-15-18-10(2)8-23-15/h4-8,19H,1-3H3,(H,18,20,22). The second-order valence-electron chi connectivity index (χ2n) is 5.06. The number of thiazole rings is 1. The zero-order chi connectivity index (χ0) is 16.4. The summed E-state index contributed by atoms with van der Waals surface area (Å²) in [6, 6.07) is 5.51. The minimum absolute atomic E-state index is 0.298. The molecule has 3 heterocycles. The van der Waals surface area contributed by atoms with Crippen molar-refractivity contribution >= 4 is 33.9 Å². The van der Waals surface area contributed by atoms with Crippen LogP contribution in [0.2, 0.25) is 0 Å². The van der Waals surface area contributed by atoms with E-state index in [4.69, 9.17) is 0 Å². The summed E-state index contributed by atoms with van der Waals surface area (Å²) < 4.78 is 1.69. The molecule has 0 aliphatic rings. The highest BCUT2D eigenvalue weighted by Crippen LogP contribution is 2.22. The van der Waals surface area contributed by atoms with Crippen LogP contribution in [0, 0.1) is 13.8 Å². The number of aromatic nitrogens is 4. The summed E-state index contributed by atoms with van der Waals surface area (Å²) in [5.74, 6) is 0.475. The molecule has 7 nitrogen and oxygen atoms in total. The van der Waals surface area contributed by atoms with Crippen molar-refractivity contribution in [3.63, 3.8) is 0 Å². The van der Waals surface area contributed by atoms with Crippen molar-refractivity contribution in [2.75, 3.05) is 10.6 Å². The molecule has 0 saturated heterocycles. The lowest BCUT2D eigenvalue weighted by Gasteiger charge is -2.11. The van der Waals surface area contributed by atoms with Crippen LogP contribution in [0.1, 0.15) is 21.9 Å². The van der Waals surface area contributed by atoms with Crippen LogP contribution in [-0.4, -0.2) is 25.7 Å². The van der Waals surface area contributed by atoms with Crippen LogP contribution in [0.15, 0.2) is 29.8 Å². The Balaban J connectivity index is 1.89. The van der Waals surface area contributed by atoms with Crippen LogP contribution < -0.4 is 10.6 Å². The fraction of sp³-hybridized carbons (Fsp3) is 0.200. The number of aryl methyl sites for hydroxylation is 3. The molecule has 0 fully saturated rings. The van der Waals surface area contributed by atoms with Gasteiger partial charge in [-0.15, -0.1) is 11.3 Å². The van der Waals surface area contributed by atoms with E-state index in [0.717, 1.165) is 17.2 Å². The van der Waals surface area contributed by atoms with Crippen molar-refractivity contribution in [2.45, 2.75) is 13.8 Å². The molecule has 0 aromatic carbocycles. The minimum atomic E-state index is -0.298. The molecule has 8 heteroatoms. The Labute approximate surface area is 137 Å². The highest BCUT2D eigenvalue weighted by atomic mass is 32.1. The Morgan fingerprint density at radius 1 is 1.17 bits per heavy atom. The summed E-state index contributed by atoms with van der Waals surface area (Å²) in [5, 5.41) is 12.5. The number of hydrogen-bond acceptors (Lipinski definition) is 6. The number of amides is 1. The van der Waals surface area contributed by atoms with Gasteiger partial charge in [0.25, 0.3) is 5.91 Å². The summed E-state index contributed by atoms with van der Waals surface area (Å²) >= 11 is 1.39. The second-order valence-corrected chi connectivity index (χ2v) is 5.92. The summed E-state index contributed by atoms with van der Waals surface area (Å²) in [6.07, 6.45) is 1.68. The van der Waals surface area contributed by atoms with Crippen molar-refractivity contribution < 1.29 is 4.79 Å². The molecule has 0 unspecified atom stereocenters. The number of nitrogens with one attached hydrogen (secondary N) is 2. The third kappa shape index (κ3) is 3.37. The predicted molar refractivity (Wildman–Crippen MR) is 90.3 cm³/mol. The Morgan fingerprint density at radius 3 is 2.65 bits per heavy atom. The smallest absolute Gasteiger partial charge is 0.278 e. The van der Waals surface area contributed by atoms with Gasteiger partial charge in [0.05, 0.1) is 17.6 Å². The number of pyridine rings is 1. The highest BCUT2D eigenvalue weighted by Gasteiger charge is 2.16. The first-order valence-electron chi connectivity index (χ1n) is 6.99. The maximum atomic E-state index is 12.5. The Morgan fingerprint density at radius 2 is 2.00 bits per heavy atom. The third-order valence-corrected chi connectivity index (χ3v) is 4.05. The van der Waals surface area contributed by atoms with Crippen molar-refractivity contribution in [1.82, 2.24) is 19.7 Å². The maximum Gasteiger partial charge on any atom is 0.278 e. The molecule has 23 heavy (non-hydrogen) atoms. The van der Waals surface area contributed by atoms with Crippen molar-refractivity contribution in [3.05, 3.63) is 46.9 Å². The quantitative estimate of drug-likeness (QED) is 0.769. The summed E-state index contributed by atoms with van der Waals surface area (Å²) in [6.45, 7) is 3.73. The number of carbonyl (C=O) groups excluding carboxylic acids is 1. The van der Waals surface area contributed by atoms with Gasteiger partial charge in [-0.1, -0.05) is 0 Å². The van der Waals surface area contributed by atoms with Gasteiger partial charge in [0.15, 0.2) is 10.8 Å². The minimum Gasteiger partial charge on any atom is -0.339 e. The molecule has 0 atom stereocenters. The summed E-state index contributed by atoms with van der Waals surface area (Å²) in [4.78, 5) is 21.1. The van der Waals surface area contributed by atoms with Gasteiger partial charge in [-0.3, -0.25) is 14.8 Å². The molecular formula is C15H16N6OS. The normalized spacial score (nSPS) is 10.6. The van der Waals surface area contributed by atoms with E-state index in [9.17, 15) is 4.79 Å². The molecule has 3 aromatic heterocycles. The van der Waals surface area contributed by atoms with Crippen LogP contribution in [-0.2, 0) is 7.05 Å². The molecule has 0 aliphatic heterocycles. The molecule has 0 saturated carbocycles. The molecule has 2 N–H and O–H groups in total. The van der Waals surface area contributed by atoms with Gasteiger partial charge in [-0.05, 0) is 26.0 Å². The van der Waals surface area contributed by atoms with Crippen LogP contribution in [0.3, 0.4) is 0 Å². The highest BCUT2D eigenvalue weighted by molar-refractivity contribution is 7.13. The molecule has 0 bridgehead atoms. The van der Waals surface area contributed by atoms with Gasteiger partial charge in [-0.25, -0.2) is 9.97 Å². The van der Waals surface area contributed by atoms with Gasteiger partial charge in [-0.2, -0.15) is 5.10 Å². The van der Waals surface area contributed by atoms with E-state index in [1.165, 1.54) is 11.3 Å². The molecule has 3 rings (SSSR count). The number of nitrogens with zero attached hydrogens (tertiary/aromatic N) is 4. The molecule has 0 aliphatic carbocycles. The van der Waals surface area contributed by atoms with E-state index in [0.29, 0.717) is 16.5 Å². The number of carbonyl (C=O) groups is 1. The Kier molecular flexibility index (Phi) is 4.07. The average Bonchev–Trinajstić information content (AvgIpc) is 3.10. The number of anilines is 3. The average molecular weight is 328 g/mol. The fourth-order valence-corrected chi connectivity index (χ4v) is 2.72. The van der Waals surface area contributed by atoms with Gasteiger partial charge in [0.2, 0.25) is 0 Å². The molecule has 0 spiro atoms. The first kappa shape index (κ1) is 15.2. The predicted octanol–water partition coefficient (Wildman–Crippen LogP) is 2.88. The third-order valence-electron chi connectivity index (χ3n) is 3.17. The van der Waals surface area contributed by atoms with E-state index >= 15 is 0 Å². The van der Waals surface area contributed by atoms with Gasteiger partial charge >= 0.3 is 0 Å². The van der Waals surface area contributed by atoms with Crippen LogP contribution in [0.4, 0.5) is 16.6 Å². The zero-order valence-electron chi connectivity index (χ0n) is 13.0. The number of hydrogen-bond donors (Lipinski definition) is 2. The number of rotatable bonds is 4. The summed E-state index contributed by atoms with van der Waals surface area (Å²) in [5.41, 5.74) is 2.57. The van der Waals surface area contributed by atoms with E-state index in [2.05, 4.69) is 25.7 Å². The fourth-order valence-electron chi connectivity index (χ4n) is 2.03. The Hall–Kier alpha value is -2.74. The zero-order valence-corrected chi connectivity index (χ0v) is 13.8. The largest absolute Gasteiger partial charge is 0.339 e. The van der Waals surface area contributed by atoms with Crippen LogP contribution >= 0.6 is 11.3 Å². The SMILES string of the molecule is Cc1csc(NC(=O)c2nc(C)ccc2Nc2ccnn2C)n1. The van der Waals surface area contributed by atoms with Gasteiger partial charge < -0.3 is 5.32 Å². The van der Waals surface area contributed by atoms with Crippen molar-refractivity contribution in [3.8, 4) is 0 Å². The van der Waals surface area contributed by atoms with Crippen LogP contribution in [0.5, 0.6) is 0 Å². The van der Waals surface area contributed by atoms with Crippen molar-refractivity contribution in [2.24, 2.45) is 7.05 Å². The Bertz CT molecular complexity index is 853. The lowest BCUT2D eigenvalue weighted by molar-refractivity contribution is 0.102. The van der Waals surface area contributed by atoms with E-state index in [-0.39, 0.29) is 5.91 Å².